The largest absolute Gasteiger partial charge is 0.497 e. The number of amides is 1. The molecule has 4 nitrogen and oxygen atoms in total. The summed E-state index contributed by atoms with van der Waals surface area (Å²) in [5.74, 6) is 0.816. The standard InChI is InChI=1S/C15H20N2O2/c1-19-11-7-8-12-13(9-11)17(15(18)14(12)16)10-5-3-2-4-6-10/h7-10,14H,2-6,16H2,1H3. The van der Waals surface area contributed by atoms with Crippen LogP contribution in [-0.2, 0) is 4.79 Å². The highest BCUT2D eigenvalue weighted by Gasteiger charge is 2.39. The molecule has 19 heavy (non-hydrogen) atoms. The average molecular weight is 260 g/mol. The van der Waals surface area contributed by atoms with Crippen LogP contribution in [-0.4, -0.2) is 19.1 Å². The maximum Gasteiger partial charge on any atom is 0.248 e. The fourth-order valence-corrected chi connectivity index (χ4v) is 3.24. The molecule has 1 aromatic rings. The van der Waals surface area contributed by atoms with Crippen LogP contribution in [0, 0.1) is 0 Å². The van der Waals surface area contributed by atoms with Crippen molar-refractivity contribution < 1.29 is 9.53 Å². The van der Waals surface area contributed by atoms with E-state index in [0.717, 1.165) is 29.8 Å². The highest BCUT2D eigenvalue weighted by Crippen LogP contribution is 2.40. The SMILES string of the molecule is COc1ccc2c(c1)N(C1CCCCC1)C(=O)C2N. The number of rotatable bonds is 2. The summed E-state index contributed by atoms with van der Waals surface area (Å²) in [6.45, 7) is 0. The van der Waals surface area contributed by atoms with Gasteiger partial charge in [0.1, 0.15) is 11.8 Å². The molecule has 0 spiro atoms. The Bertz CT molecular complexity index is 495. The summed E-state index contributed by atoms with van der Waals surface area (Å²) in [5, 5.41) is 0. The monoisotopic (exact) mass is 260 g/mol. The van der Waals surface area contributed by atoms with Gasteiger partial charge in [0.25, 0.3) is 0 Å². The van der Waals surface area contributed by atoms with Crippen LogP contribution in [0.25, 0.3) is 0 Å². The number of nitrogens with zero attached hydrogens (tertiary/aromatic N) is 1. The summed E-state index contributed by atoms with van der Waals surface area (Å²) in [6.07, 6.45) is 5.83. The number of hydrogen-bond acceptors (Lipinski definition) is 3. The van der Waals surface area contributed by atoms with Gasteiger partial charge in [0.2, 0.25) is 5.91 Å². The first-order valence-corrected chi connectivity index (χ1v) is 6.99. The van der Waals surface area contributed by atoms with E-state index in [1.165, 1.54) is 19.3 Å². The smallest absolute Gasteiger partial charge is 0.248 e. The molecule has 2 N–H and O–H groups in total. The molecular formula is C15H20N2O2. The zero-order valence-corrected chi connectivity index (χ0v) is 11.3. The number of carbonyl (C=O) groups is 1. The highest BCUT2D eigenvalue weighted by atomic mass is 16.5. The highest BCUT2D eigenvalue weighted by molar-refractivity contribution is 6.05. The molecule has 1 atom stereocenters. The zero-order valence-electron chi connectivity index (χ0n) is 11.3. The second-order valence-electron chi connectivity index (χ2n) is 5.40. The van der Waals surface area contributed by atoms with Crippen LogP contribution in [0.4, 0.5) is 5.69 Å². The first-order valence-electron chi connectivity index (χ1n) is 6.99. The number of carbonyl (C=O) groups excluding carboxylic acids is 1. The van der Waals surface area contributed by atoms with E-state index < -0.39 is 6.04 Å². The Labute approximate surface area is 113 Å². The van der Waals surface area contributed by atoms with Crippen molar-refractivity contribution in [2.45, 2.75) is 44.2 Å². The average Bonchev–Trinajstić information content (AvgIpc) is 2.71. The summed E-state index contributed by atoms with van der Waals surface area (Å²) in [4.78, 5) is 14.3. The third-order valence-electron chi connectivity index (χ3n) is 4.28. The normalized spacial score (nSPS) is 23.6. The van der Waals surface area contributed by atoms with Gasteiger partial charge in [0.05, 0.1) is 12.8 Å². The van der Waals surface area contributed by atoms with Crippen molar-refractivity contribution in [1.29, 1.82) is 0 Å². The summed E-state index contributed by atoms with van der Waals surface area (Å²) in [6, 6.07) is 5.52. The Kier molecular flexibility index (Phi) is 3.19. The van der Waals surface area contributed by atoms with E-state index in [4.69, 9.17) is 10.5 Å². The zero-order chi connectivity index (χ0) is 13.4. The number of methoxy groups -OCH3 is 1. The lowest BCUT2D eigenvalue weighted by Crippen LogP contribution is -2.41. The molecule has 1 fully saturated rings. The minimum Gasteiger partial charge on any atom is -0.497 e. The maximum absolute atomic E-state index is 12.4. The van der Waals surface area contributed by atoms with Crippen molar-refractivity contribution in [3.05, 3.63) is 23.8 Å². The lowest BCUT2D eigenvalue weighted by atomic mass is 9.94. The van der Waals surface area contributed by atoms with Gasteiger partial charge in [0.15, 0.2) is 0 Å². The van der Waals surface area contributed by atoms with Crippen molar-refractivity contribution in [3.8, 4) is 5.75 Å². The lowest BCUT2D eigenvalue weighted by molar-refractivity contribution is -0.119. The van der Waals surface area contributed by atoms with Crippen LogP contribution in [0.5, 0.6) is 5.75 Å². The van der Waals surface area contributed by atoms with Gasteiger partial charge in [-0.1, -0.05) is 25.3 Å². The van der Waals surface area contributed by atoms with Crippen LogP contribution in [0.2, 0.25) is 0 Å². The van der Waals surface area contributed by atoms with E-state index in [1.807, 2.05) is 23.1 Å². The molecular weight excluding hydrogens is 240 g/mol. The third kappa shape index (κ3) is 2.00. The van der Waals surface area contributed by atoms with Gasteiger partial charge >= 0.3 is 0 Å². The van der Waals surface area contributed by atoms with E-state index in [2.05, 4.69) is 0 Å². The van der Waals surface area contributed by atoms with Crippen LogP contribution in [0.15, 0.2) is 18.2 Å². The molecule has 1 aliphatic heterocycles. The Morgan fingerprint density at radius 3 is 2.68 bits per heavy atom. The molecule has 1 unspecified atom stereocenters. The van der Waals surface area contributed by atoms with Crippen molar-refractivity contribution in [1.82, 2.24) is 0 Å². The lowest BCUT2D eigenvalue weighted by Gasteiger charge is -2.31. The molecule has 3 rings (SSSR count). The summed E-state index contributed by atoms with van der Waals surface area (Å²) >= 11 is 0. The van der Waals surface area contributed by atoms with Gasteiger partial charge in [-0.25, -0.2) is 0 Å². The molecule has 1 amide bonds. The molecule has 0 saturated heterocycles. The van der Waals surface area contributed by atoms with Crippen LogP contribution in [0.1, 0.15) is 43.7 Å². The van der Waals surface area contributed by atoms with E-state index in [1.54, 1.807) is 7.11 Å². The molecule has 0 bridgehead atoms. The Morgan fingerprint density at radius 2 is 2.00 bits per heavy atom. The summed E-state index contributed by atoms with van der Waals surface area (Å²) < 4.78 is 5.27. The maximum atomic E-state index is 12.4. The fraction of sp³-hybridized carbons (Fsp3) is 0.533. The quantitative estimate of drug-likeness (QED) is 0.888. The van der Waals surface area contributed by atoms with E-state index >= 15 is 0 Å². The molecule has 0 radical (unpaired) electrons. The topological polar surface area (TPSA) is 55.6 Å². The number of nitrogens with two attached hydrogens (primary N) is 1. The van der Waals surface area contributed by atoms with Crippen molar-refractivity contribution in [3.63, 3.8) is 0 Å². The first-order chi connectivity index (χ1) is 9.22. The summed E-state index contributed by atoms with van der Waals surface area (Å²) in [7, 11) is 1.64. The Balaban J connectivity index is 1.99. The van der Waals surface area contributed by atoms with E-state index in [9.17, 15) is 4.79 Å². The van der Waals surface area contributed by atoms with Gasteiger partial charge in [-0.2, -0.15) is 0 Å². The second-order valence-corrected chi connectivity index (χ2v) is 5.40. The van der Waals surface area contributed by atoms with Crippen molar-refractivity contribution in [2.75, 3.05) is 12.0 Å². The third-order valence-corrected chi connectivity index (χ3v) is 4.28. The number of fused-ring (bicyclic) bond motifs is 1. The van der Waals surface area contributed by atoms with E-state index in [0.29, 0.717) is 6.04 Å². The summed E-state index contributed by atoms with van der Waals surface area (Å²) in [5.41, 5.74) is 7.92. The van der Waals surface area contributed by atoms with Crippen LogP contribution in [0.3, 0.4) is 0 Å². The molecule has 2 aliphatic rings. The Hall–Kier alpha value is -1.55. The molecule has 4 heteroatoms. The van der Waals surface area contributed by atoms with Gasteiger partial charge in [-0.15, -0.1) is 0 Å². The van der Waals surface area contributed by atoms with Crippen molar-refractivity contribution >= 4 is 11.6 Å². The molecule has 1 heterocycles. The number of hydrogen-bond donors (Lipinski definition) is 1. The van der Waals surface area contributed by atoms with Gasteiger partial charge in [0, 0.05) is 17.7 Å². The number of ether oxygens (including phenoxy) is 1. The fourth-order valence-electron chi connectivity index (χ4n) is 3.24. The molecule has 1 aliphatic carbocycles. The second kappa shape index (κ2) is 4.85. The minimum atomic E-state index is -0.511. The number of benzene rings is 1. The predicted molar refractivity (Wildman–Crippen MR) is 74.3 cm³/mol. The first kappa shape index (κ1) is 12.5. The Morgan fingerprint density at radius 1 is 1.26 bits per heavy atom. The minimum absolute atomic E-state index is 0.0372. The molecule has 1 saturated carbocycles. The number of anilines is 1. The van der Waals surface area contributed by atoms with Gasteiger partial charge in [-0.3, -0.25) is 4.79 Å². The molecule has 0 aromatic heterocycles. The molecule has 1 aromatic carbocycles. The van der Waals surface area contributed by atoms with E-state index in [-0.39, 0.29) is 5.91 Å². The van der Waals surface area contributed by atoms with Crippen LogP contribution < -0.4 is 15.4 Å². The predicted octanol–water partition coefficient (Wildman–Crippen LogP) is 2.37. The van der Waals surface area contributed by atoms with Crippen LogP contribution >= 0.6 is 0 Å². The molecule has 102 valence electrons. The van der Waals surface area contributed by atoms with Gasteiger partial charge in [-0.05, 0) is 18.9 Å². The van der Waals surface area contributed by atoms with Crippen molar-refractivity contribution in [2.24, 2.45) is 5.73 Å². The van der Waals surface area contributed by atoms with Gasteiger partial charge < -0.3 is 15.4 Å².